The fourth-order valence-corrected chi connectivity index (χ4v) is 1.78. The Bertz CT molecular complexity index is 542. The van der Waals surface area contributed by atoms with Crippen molar-refractivity contribution in [3.05, 3.63) is 41.6 Å². The molecule has 2 aromatic rings. The van der Waals surface area contributed by atoms with Crippen LogP contribution in [0.25, 0.3) is 0 Å². The minimum absolute atomic E-state index is 0.416. The summed E-state index contributed by atoms with van der Waals surface area (Å²) in [6.45, 7) is 0. The van der Waals surface area contributed by atoms with E-state index in [1.165, 1.54) is 0 Å². The van der Waals surface area contributed by atoms with Crippen LogP contribution in [0.4, 0.5) is 17.2 Å². The third-order valence-electron chi connectivity index (χ3n) is 2.65. The van der Waals surface area contributed by atoms with Crippen LogP contribution in [0.2, 0.25) is 5.15 Å². The third kappa shape index (κ3) is 2.49. The Morgan fingerprint density at radius 1 is 1.17 bits per heavy atom. The monoisotopic (exact) mass is 263 g/mol. The molecule has 0 aliphatic rings. The van der Waals surface area contributed by atoms with E-state index in [0.717, 1.165) is 11.4 Å². The second kappa shape index (κ2) is 5.14. The number of halogens is 1. The van der Waals surface area contributed by atoms with E-state index in [0.29, 0.717) is 16.7 Å². The minimum atomic E-state index is 0.416. The number of nitrogens with two attached hydrogens (primary N) is 1. The summed E-state index contributed by atoms with van der Waals surface area (Å²) in [7, 11) is 3.52. The molecule has 0 unspecified atom stereocenters. The van der Waals surface area contributed by atoms with Gasteiger partial charge in [0.25, 0.3) is 0 Å². The summed E-state index contributed by atoms with van der Waals surface area (Å²) in [5, 5.41) is 0.416. The van der Waals surface area contributed by atoms with Gasteiger partial charge in [-0.25, -0.2) is 4.98 Å². The molecule has 5 heteroatoms. The summed E-state index contributed by atoms with van der Waals surface area (Å²) < 4.78 is 5.12. The van der Waals surface area contributed by atoms with E-state index in [9.17, 15) is 0 Å². The molecule has 4 nitrogen and oxygen atoms in total. The average molecular weight is 264 g/mol. The first-order chi connectivity index (χ1) is 8.61. The van der Waals surface area contributed by atoms with Crippen LogP contribution in [0.3, 0.4) is 0 Å². The number of pyridine rings is 1. The fraction of sp³-hybridized carbons (Fsp3) is 0.154. The van der Waals surface area contributed by atoms with Crippen molar-refractivity contribution < 1.29 is 4.74 Å². The highest BCUT2D eigenvalue weighted by Crippen LogP contribution is 2.29. The van der Waals surface area contributed by atoms with Gasteiger partial charge in [-0.15, -0.1) is 0 Å². The van der Waals surface area contributed by atoms with Crippen LogP contribution in [0.15, 0.2) is 36.4 Å². The van der Waals surface area contributed by atoms with E-state index in [1.54, 1.807) is 19.2 Å². The maximum absolute atomic E-state index is 5.90. The van der Waals surface area contributed by atoms with Gasteiger partial charge < -0.3 is 15.4 Å². The molecule has 0 fully saturated rings. The van der Waals surface area contributed by atoms with Gasteiger partial charge in [-0.3, -0.25) is 0 Å². The minimum Gasteiger partial charge on any atom is -0.497 e. The second-order valence-electron chi connectivity index (χ2n) is 3.80. The molecule has 0 aliphatic carbocycles. The van der Waals surface area contributed by atoms with Gasteiger partial charge in [0.15, 0.2) is 5.82 Å². The predicted molar refractivity (Wildman–Crippen MR) is 74.7 cm³/mol. The SMILES string of the molecule is COc1ccc(N(C)c2nc(Cl)ccc2N)cc1. The van der Waals surface area contributed by atoms with Crippen molar-refractivity contribution in [1.29, 1.82) is 0 Å². The molecule has 18 heavy (non-hydrogen) atoms. The number of rotatable bonds is 3. The lowest BCUT2D eigenvalue weighted by Gasteiger charge is -2.20. The Morgan fingerprint density at radius 3 is 2.44 bits per heavy atom. The molecule has 0 bridgehead atoms. The van der Waals surface area contributed by atoms with Crippen molar-refractivity contribution in [2.45, 2.75) is 0 Å². The van der Waals surface area contributed by atoms with E-state index in [1.807, 2.05) is 36.2 Å². The molecule has 0 radical (unpaired) electrons. The normalized spacial score (nSPS) is 10.2. The summed E-state index contributed by atoms with van der Waals surface area (Å²) >= 11 is 5.88. The van der Waals surface area contributed by atoms with Crippen molar-refractivity contribution in [3.63, 3.8) is 0 Å². The lowest BCUT2D eigenvalue weighted by molar-refractivity contribution is 0.415. The van der Waals surface area contributed by atoms with Gasteiger partial charge in [-0.05, 0) is 36.4 Å². The molecule has 0 amide bonds. The van der Waals surface area contributed by atoms with Crippen LogP contribution in [-0.4, -0.2) is 19.1 Å². The first-order valence-electron chi connectivity index (χ1n) is 5.41. The maximum atomic E-state index is 5.90. The third-order valence-corrected chi connectivity index (χ3v) is 2.86. The number of nitrogens with zero attached hydrogens (tertiary/aromatic N) is 2. The summed E-state index contributed by atoms with van der Waals surface area (Å²) in [4.78, 5) is 6.10. The van der Waals surface area contributed by atoms with Gasteiger partial charge in [-0.2, -0.15) is 0 Å². The zero-order valence-corrected chi connectivity index (χ0v) is 11.0. The van der Waals surface area contributed by atoms with Gasteiger partial charge >= 0.3 is 0 Å². The fourth-order valence-electron chi connectivity index (χ4n) is 1.63. The molecule has 0 spiro atoms. The van der Waals surface area contributed by atoms with Crippen LogP contribution in [0.5, 0.6) is 5.75 Å². The second-order valence-corrected chi connectivity index (χ2v) is 4.19. The Balaban J connectivity index is 2.34. The molecular formula is C13H14ClN3O. The molecule has 94 valence electrons. The van der Waals surface area contributed by atoms with Gasteiger partial charge in [0.2, 0.25) is 0 Å². The van der Waals surface area contributed by atoms with Gasteiger partial charge in [0.1, 0.15) is 10.9 Å². The number of nitrogen functional groups attached to an aromatic ring is 1. The van der Waals surface area contributed by atoms with Crippen molar-refractivity contribution in [2.75, 3.05) is 24.8 Å². The number of methoxy groups -OCH3 is 1. The van der Waals surface area contributed by atoms with Crippen molar-refractivity contribution in [3.8, 4) is 5.75 Å². The molecule has 0 saturated carbocycles. The number of benzene rings is 1. The highest BCUT2D eigenvalue weighted by molar-refractivity contribution is 6.29. The van der Waals surface area contributed by atoms with E-state index in [2.05, 4.69) is 4.98 Å². The van der Waals surface area contributed by atoms with Crippen molar-refractivity contribution >= 4 is 28.8 Å². The molecule has 1 aromatic carbocycles. The van der Waals surface area contributed by atoms with Crippen LogP contribution >= 0.6 is 11.6 Å². The van der Waals surface area contributed by atoms with Crippen LogP contribution in [0, 0.1) is 0 Å². The summed E-state index contributed by atoms with van der Waals surface area (Å²) in [5.41, 5.74) is 7.43. The lowest BCUT2D eigenvalue weighted by Crippen LogP contribution is -2.13. The first-order valence-corrected chi connectivity index (χ1v) is 5.79. The van der Waals surface area contributed by atoms with Crippen LogP contribution < -0.4 is 15.4 Å². The topological polar surface area (TPSA) is 51.4 Å². The summed E-state index contributed by atoms with van der Waals surface area (Å²) in [6.07, 6.45) is 0. The zero-order valence-electron chi connectivity index (χ0n) is 10.2. The smallest absolute Gasteiger partial charge is 0.157 e. The highest BCUT2D eigenvalue weighted by Gasteiger charge is 2.10. The summed E-state index contributed by atoms with van der Waals surface area (Å²) in [5.74, 6) is 1.44. The number of hydrogen-bond donors (Lipinski definition) is 1. The van der Waals surface area contributed by atoms with Crippen LogP contribution in [0.1, 0.15) is 0 Å². The Labute approximate surface area is 111 Å². The zero-order chi connectivity index (χ0) is 13.1. The Kier molecular flexibility index (Phi) is 3.58. The van der Waals surface area contributed by atoms with Gasteiger partial charge in [-0.1, -0.05) is 11.6 Å². The number of hydrogen-bond acceptors (Lipinski definition) is 4. The molecule has 0 saturated heterocycles. The molecule has 2 N–H and O–H groups in total. The van der Waals surface area contributed by atoms with Crippen molar-refractivity contribution in [2.24, 2.45) is 0 Å². The van der Waals surface area contributed by atoms with E-state index < -0.39 is 0 Å². The number of aromatic nitrogens is 1. The Hall–Kier alpha value is -1.94. The molecule has 1 heterocycles. The maximum Gasteiger partial charge on any atom is 0.157 e. The average Bonchev–Trinajstić information content (AvgIpc) is 2.41. The quantitative estimate of drug-likeness (QED) is 0.865. The summed E-state index contributed by atoms with van der Waals surface area (Å²) in [6, 6.07) is 11.0. The van der Waals surface area contributed by atoms with Gasteiger partial charge in [0.05, 0.1) is 12.8 Å². The number of anilines is 3. The molecule has 2 rings (SSSR count). The van der Waals surface area contributed by atoms with E-state index >= 15 is 0 Å². The molecule has 0 aliphatic heterocycles. The predicted octanol–water partition coefficient (Wildman–Crippen LogP) is 3.09. The first kappa shape index (κ1) is 12.5. The molecule has 0 atom stereocenters. The lowest BCUT2D eigenvalue weighted by atomic mass is 10.2. The Morgan fingerprint density at radius 2 is 1.83 bits per heavy atom. The standard InChI is InChI=1S/C13H14ClN3O/c1-17(9-3-5-10(18-2)6-4-9)13-11(15)7-8-12(14)16-13/h3-8H,15H2,1-2H3. The number of ether oxygens (including phenoxy) is 1. The van der Waals surface area contributed by atoms with E-state index in [4.69, 9.17) is 22.1 Å². The molecular weight excluding hydrogens is 250 g/mol. The largest absolute Gasteiger partial charge is 0.497 e. The van der Waals surface area contributed by atoms with E-state index in [-0.39, 0.29) is 0 Å². The van der Waals surface area contributed by atoms with Gasteiger partial charge in [0, 0.05) is 12.7 Å². The van der Waals surface area contributed by atoms with Crippen molar-refractivity contribution in [1.82, 2.24) is 4.98 Å². The highest BCUT2D eigenvalue weighted by atomic mass is 35.5. The van der Waals surface area contributed by atoms with Crippen LogP contribution in [-0.2, 0) is 0 Å². The molecule has 1 aromatic heterocycles.